The maximum absolute atomic E-state index is 14.4. The van der Waals surface area contributed by atoms with Crippen LogP contribution in [0.5, 0.6) is 0 Å². The minimum Gasteiger partial charge on any atom is -0.387 e. The topological polar surface area (TPSA) is 96.2 Å². The molecular formula is C41H39NO7S. The Balaban J connectivity index is 1.29. The molecule has 0 unspecified atom stereocenters. The Hall–Kier alpha value is -4.61. The van der Waals surface area contributed by atoms with Gasteiger partial charge in [-0.25, -0.2) is 12.4 Å². The molecule has 8 nitrogen and oxygen atoms in total. The zero-order valence-electron chi connectivity index (χ0n) is 27.4. The van der Waals surface area contributed by atoms with Gasteiger partial charge in [-0.15, -0.1) is 0 Å². The fraction of sp³-hybridized carbons (Fsp3) is 0.220. The standard InChI is InChI=1S/C41H39NO7S/c43-38-39(36-25-33-21-13-14-24-35(33)42(36)50(44,45)34-22-11-4-12-23-34)49-37(29-46-26-30-15-5-1-6-16-30)40(47-27-31-17-7-2-8-18-31)41(38)48-28-32-19-9-3-10-20-32/h1-25,37-41,43H,26-29H2/t37-,38-,39-,40-,41-/m0/s1. The van der Waals surface area contributed by atoms with Crippen molar-refractivity contribution in [3.05, 3.63) is 174 Å². The van der Waals surface area contributed by atoms with E-state index in [1.165, 1.54) is 3.97 Å². The third kappa shape index (κ3) is 7.44. The number of para-hydroxylation sites is 1. The lowest BCUT2D eigenvalue weighted by Gasteiger charge is -2.44. The van der Waals surface area contributed by atoms with Crippen LogP contribution in [0.3, 0.4) is 0 Å². The fourth-order valence-corrected chi connectivity index (χ4v) is 7.99. The Kier molecular flexibility index (Phi) is 10.5. The van der Waals surface area contributed by atoms with Crippen LogP contribution in [0, 0.1) is 0 Å². The normalized spacial score (nSPS) is 20.9. The van der Waals surface area contributed by atoms with E-state index >= 15 is 0 Å². The third-order valence-corrected chi connectivity index (χ3v) is 10.6. The van der Waals surface area contributed by atoms with E-state index in [0.29, 0.717) is 17.5 Å². The Morgan fingerprint density at radius 2 is 1.12 bits per heavy atom. The zero-order chi connectivity index (χ0) is 34.3. The van der Waals surface area contributed by atoms with Crippen molar-refractivity contribution < 1.29 is 32.5 Å². The molecule has 0 spiro atoms. The highest BCUT2D eigenvalue weighted by Gasteiger charge is 2.49. The summed E-state index contributed by atoms with van der Waals surface area (Å²) in [7, 11) is -4.11. The quantitative estimate of drug-likeness (QED) is 0.139. The predicted molar refractivity (Wildman–Crippen MR) is 191 cm³/mol. The number of nitrogens with zero attached hydrogens (tertiary/aromatic N) is 1. The van der Waals surface area contributed by atoms with Gasteiger partial charge in [0.05, 0.1) is 42.5 Å². The monoisotopic (exact) mass is 689 g/mol. The van der Waals surface area contributed by atoms with E-state index in [1.807, 2.05) is 103 Å². The maximum atomic E-state index is 14.4. The first-order chi connectivity index (χ1) is 24.5. The molecule has 1 N–H and O–H groups in total. The summed E-state index contributed by atoms with van der Waals surface area (Å²) in [5, 5.41) is 12.9. The summed E-state index contributed by atoms with van der Waals surface area (Å²) < 4.78 is 56.1. The van der Waals surface area contributed by atoms with Crippen LogP contribution in [0.15, 0.2) is 157 Å². The Bertz CT molecular complexity index is 2070. The second-order valence-corrected chi connectivity index (χ2v) is 14.1. The van der Waals surface area contributed by atoms with Crippen LogP contribution in [-0.2, 0) is 48.8 Å². The fourth-order valence-electron chi connectivity index (χ4n) is 6.41. The van der Waals surface area contributed by atoms with Gasteiger partial charge < -0.3 is 24.1 Å². The molecule has 6 aromatic rings. The highest BCUT2D eigenvalue weighted by Crippen LogP contribution is 2.40. The highest BCUT2D eigenvalue weighted by molar-refractivity contribution is 7.90. The average Bonchev–Trinajstić information content (AvgIpc) is 3.56. The molecule has 0 saturated carbocycles. The predicted octanol–water partition coefficient (Wildman–Crippen LogP) is 7.07. The lowest BCUT2D eigenvalue weighted by atomic mass is 9.92. The molecular weight excluding hydrogens is 651 g/mol. The minimum absolute atomic E-state index is 0.106. The van der Waals surface area contributed by atoms with Gasteiger partial charge in [-0.05, 0) is 41.0 Å². The molecule has 0 aliphatic carbocycles. The van der Waals surface area contributed by atoms with Crippen molar-refractivity contribution in [3.63, 3.8) is 0 Å². The number of aliphatic hydroxyl groups is 1. The molecule has 2 heterocycles. The zero-order valence-corrected chi connectivity index (χ0v) is 28.2. The molecule has 7 rings (SSSR count). The van der Waals surface area contributed by atoms with Crippen molar-refractivity contribution in [2.24, 2.45) is 0 Å². The molecule has 256 valence electrons. The van der Waals surface area contributed by atoms with Gasteiger partial charge in [0.25, 0.3) is 10.0 Å². The minimum atomic E-state index is -4.11. The number of hydrogen-bond donors (Lipinski definition) is 1. The lowest BCUT2D eigenvalue weighted by Crippen LogP contribution is -2.57. The van der Waals surface area contributed by atoms with Crippen LogP contribution in [0.25, 0.3) is 10.9 Å². The van der Waals surface area contributed by atoms with Gasteiger partial charge in [0, 0.05) is 5.39 Å². The first-order valence-electron chi connectivity index (χ1n) is 16.7. The number of fused-ring (bicyclic) bond motifs is 1. The van der Waals surface area contributed by atoms with Gasteiger partial charge in [0.15, 0.2) is 0 Å². The van der Waals surface area contributed by atoms with E-state index in [2.05, 4.69) is 0 Å². The van der Waals surface area contributed by atoms with Crippen LogP contribution < -0.4 is 0 Å². The summed E-state index contributed by atoms with van der Waals surface area (Å²) in [5.74, 6) is 0. The van der Waals surface area contributed by atoms with Crippen molar-refractivity contribution >= 4 is 20.9 Å². The molecule has 9 heteroatoms. The molecule has 0 radical (unpaired) electrons. The second-order valence-electron chi connectivity index (χ2n) is 12.3. The van der Waals surface area contributed by atoms with Gasteiger partial charge in [0.1, 0.15) is 30.5 Å². The Morgan fingerprint density at radius 1 is 0.620 bits per heavy atom. The molecule has 5 aromatic carbocycles. The van der Waals surface area contributed by atoms with Crippen LogP contribution in [0.1, 0.15) is 28.5 Å². The van der Waals surface area contributed by atoms with Gasteiger partial charge in [-0.2, -0.15) is 0 Å². The maximum Gasteiger partial charge on any atom is 0.268 e. The largest absolute Gasteiger partial charge is 0.387 e. The summed E-state index contributed by atoms with van der Waals surface area (Å²) in [4.78, 5) is 0.122. The van der Waals surface area contributed by atoms with Gasteiger partial charge >= 0.3 is 0 Å². The van der Waals surface area contributed by atoms with E-state index in [9.17, 15) is 13.5 Å². The summed E-state index contributed by atoms with van der Waals surface area (Å²) in [5.41, 5.74) is 3.62. The number of aromatic nitrogens is 1. The smallest absolute Gasteiger partial charge is 0.268 e. The summed E-state index contributed by atoms with van der Waals surface area (Å²) >= 11 is 0. The van der Waals surface area contributed by atoms with Crippen molar-refractivity contribution in [3.8, 4) is 0 Å². The summed E-state index contributed by atoms with van der Waals surface area (Å²) in [6.07, 6.45) is -4.82. The molecule has 1 aliphatic heterocycles. The molecule has 0 amide bonds. The second kappa shape index (κ2) is 15.5. The SMILES string of the molecule is O=S(=O)(c1ccccc1)n1c([C@@H]2O[C@@H](COCc3ccccc3)[C@H](OCc3ccccc3)[C@@H](OCc3ccccc3)[C@H]2O)cc2ccccc21. The van der Waals surface area contributed by atoms with Crippen molar-refractivity contribution in [2.75, 3.05) is 6.61 Å². The van der Waals surface area contributed by atoms with Crippen molar-refractivity contribution in [1.82, 2.24) is 3.97 Å². The van der Waals surface area contributed by atoms with Crippen LogP contribution in [-0.4, -0.2) is 48.5 Å². The molecule has 0 bridgehead atoms. The number of ether oxygens (including phenoxy) is 4. The highest BCUT2D eigenvalue weighted by atomic mass is 32.2. The van der Waals surface area contributed by atoms with Crippen LogP contribution in [0.2, 0.25) is 0 Å². The average molecular weight is 690 g/mol. The van der Waals surface area contributed by atoms with E-state index in [1.54, 1.807) is 48.5 Å². The van der Waals surface area contributed by atoms with Gasteiger partial charge in [-0.3, -0.25) is 0 Å². The Labute approximate surface area is 292 Å². The number of aliphatic hydroxyl groups excluding tert-OH is 1. The molecule has 5 atom stereocenters. The van der Waals surface area contributed by atoms with Gasteiger partial charge in [-0.1, -0.05) is 127 Å². The molecule has 1 saturated heterocycles. The van der Waals surface area contributed by atoms with E-state index in [0.717, 1.165) is 16.7 Å². The van der Waals surface area contributed by atoms with E-state index in [-0.39, 0.29) is 30.4 Å². The number of rotatable bonds is 13. The van der Waals surface area contributed by atoms with Crippen molar-refractivity contribution in [2.45, 2.75) is 55.2 Å². The number of benzene rings is 5. The van der Waals surface area contributed by atoms with E-state index in [4.69, 9.17) is 18.9 Å². The molecule has 1 fully saturated rings. The third-order valence-electron chi connectivity index (χ3n) is 8.89. The molecule has 1 aliphatic rings. The van der Waals surface area contributed by atoms with E-state index < -0.39 is 40.5 Å². The number of hydrogen-bond acceptors (Lipinski definition) is 7. The molecule has 50 heavy (non-hydrogen) atoms. The van der Waals surface area contributed by atoms with Crippen molar-refractivity contribution in [1.29, 1.82) is 0 Å². The summed E-state index contributed by atoms with van der Waals surface area (Å²) in [6, 6.07) is 46.6. The molecule has 1 aromatic heterocycles. The van der Waals surface area contributed by atoms with Gasteiger partial charge in [0.2, 0.25) is 0 Å². The summed E-state index contributed by atoms with van der Waals surface area (Å²) in [6.45, 7) is 0.880. The van der Waals surface area contributed by atoms with Crippen LogP contribution in [0.4, 0.5) is 0 Å². The first-order valence-corrected chi connectivity index (χ1v) is 18.1. The first kappa shape index (κ1) is 33.9. The van der Waals surface area contributed by atoms with Crippen LogP contribution >= 0.6 is 0 Å². The Morgan fingerprint density at radius 3 is 1.72 bits per heavy atom. The lowest BCUT2D eigenvalue weighted by molar-refractivity contribution is -0.264.